The number of rotatable bonds is 2. The highest BCUT2D eigenvalue weighted by Gasteiger charge is 2.15. The highest BCUT2D eigenvalue weighted by atomic mass is 79.9. The number of amides is 1. The zero-order valence-electron chi connectivity index (χ0n) is 11.9. The summed E-state index contributed by atoms with van der Waals surface area (Å²) in [5, 5.41) is 8.32. The van der Waals surface area contributed by atoms with Crippen molar-refractivity contribution in [2.75, 3.05) is 5.32 Å². The Hall–Kier alpha value is -1.66. The molecule has 21 heavy (non-hydrogen) atoms. The molecule has 3 aromatic rings. The molecule has 0 aliphatic carbocycles. The Balaban J connectivity index is 1.91. The molecule has 3 rings (SSSR count). The van der Waals surface area contributed by atoms with Gasteiger partial charge in [0.15, 0.2) is 0 Å². The van der Waals surface area contributed by atoms with Gasteiger partial charge in [-0.2, -0.15) is 5.10 Å². The fourth-order valence-electron chi connectivity index (χ4n) is 2.22. The van der Waals surface area contributed by atoms with Gasteiger partial charge in [-0.3, -0.25) is 9.48 Å². The Bertz CT molecular complexity index is 816. The summed E-state index contributed by atoms with van der Waals surface area (Å²) in [6.45, 7) is 3.96. The fourth-order valence-corrected chi connectivity index (χ4v) is 3.83. The van der Waals surface area contributed by atoms with Gasteiger partial charge in [0.05, 0.1) is 16.3 Å². The van der Waals surface area contributed by atoms with Gasteiger partial charge in [0.1, 0.15) is 4.83 Å². The Morgan fingerprint density at radius 2 is 2.10 bits per heavy atom. The first-order valence-electron chi connectivity index (χ1n) is 6.46. The van der Waals surface area contributed by atoms with Gasteiger partial charge in [-0.15, -0.1) is 11.3 Å². The summed E-state index contributed by atoms with van der Waals surface area (Å²) in [7, 11) is 1.89. The lowest BCUT2D eigenvalue weighted by Gasteiger charge is -2.06. The van der Waals surface area contributed by atoms with E-state index in [-0.39, 0.29) is 5.91 Å². The molecule has 0 aliphatic rings. The minimum absolute atomic E-state index is 0.0971. The number of fused-ring (bicyclic) bond motifs is 1. The van der Waals surface area contributed by atoms with Crippen LogP contribution in [0.3, 0.4) is 0 Å². The molecule has 0 saturated heterocycles. The van der Waals surface area contributed by atoms with Crippen molar-refractivity contribution in [2.45, 2.75) is 13.8 Å². The van der Waals surface area contributed by atoms with E-state index in [0.717, 1.165) is 31.6 Å². The highest BCUT2D eigenvalue weighted by Crippen LogP contribution is 2.29. The van der Waals surface area contributed by atoms with Gasteiger partial charge in [-0.1, -0.05) is 6.07 Å². The molecule has 0 spiro atoms. The average molecular weight is 364 g/mol. The molecule has 0 radical (unpaired) electrons. The van der Waals surface area contributed by atoms with Crippen molar-refractivity contribution in [3.05, 3.63) is 44.9 Å². The molecule has 0 saturated carbocycles. The first-order chi connectivity index (χ1) is 9.95. The molecule has 6 heteroatoms. The van der Waals surface area contributed by atoms with Crippen LogP contribution in [0.5, 0.6) is 0 Å². The number of hydrogen-bond donors (Lipinski definition) is 1. The maximum Gasteiger partial charge on any atom is 0.265 e. The number of thiophene rings is 1. The maximum absolute atomic E-state index is 12.4. The number of benzene rings is 1. The normalized spacial score (nSPS) is 11.0. The van der Waals surface area contributed by atoms with Crippen LogP contribution in [0.2, 0.25) is 0 Å². The lowest BCUT2D eigenvalue weighted by atomic mass is 10.2. The number of nitrogens with zero attached hydrogens (tertiary/aromatic N) is 2. The molecule has 2 heterocycles. The Labute approximate surface area is 134 Å². The van der Waals surface area contributed by atoms with Crippen LogP contribution in [0.25, 0.3) is 10.2 Å². The SMILES string of the molecule is Cc1ccc(NC(=O)c2cc3c(C)nn(C)c3s2)c(Br)c1. The van der Waals surface area contributed by atoms with Crippen molar-refractivity contribution in [1.29, 1.82) is 0 Å². The zero-order chi connectivity index (χ0) is 15.1. The number of nitrogens with one attached hydrogen (secondary N) is 1. The minimum atomic E-state index is -0.0971. The summed E-state index contributed by atoms with van der Waals surface area (Å²) in [4.78, 5) is 14.1. The van der Waals surface area contributed by atoms with Crippen LogP contribution < -0.4 is 5.32 Å². The second-order valence-corrected chi connectivity index (χ2v) is 6.86. The van der Waals surface area contributed by atoms with Crippen LogP contribution in [-0.2, 0) is 7.05 Å². The van der Waals surface area contributed by atoms with E-state index < -0.39 is 0 Å². The molecule has 108 valence electrons. The van der Waals surface area contributed by atoms with E-state index >= 15 is 0 Å². The van der Waals surface area contributed by atoms with Crippen LogP contribution in [-0.4, -0.2) is 15.7 Å². The van der Waals surface area contributed by atoms with E-state index in [2.05, 4.69) is 26.3 Å². The van der Waals surface area contributed by atoms with E-state index in [1.807, 2.05) is 49.8 Å². The van der Waals surface area contributed by atoms with Crippen LogP contribution in [0.1, 0.15) is 20.9 Å². The van der Waals surface area contributed by atoms with Crippen molar-refractivity contribution < 1.29 is 4.79 Å². The van der Waals surface area contributed by atoms with Crippen molar-refractivity contribution >= 4 is 49.1 Å². The quantitative estimate of drug-likeness (QED) is 0.738. The van der Waals surface area contributed by atoms with Gasteiger partial charge in [-0.05, 0) is 53.5 Å². The molecule has 1 aromatic carbocycles. The highest BCUT2D eigenvalue weighted by molar-refractivity contribution is 9.10. The molecule has 4 nitrogen and oxygen atoms in total. The minimum Gasteiger partial charge on any atom is -0.320 e. The molecule has 1 N–H and O–H groups in total. The fraction of sp³-hybridized carbons (Fsp3) is 0.200. The Morgan fingerprint density at radius 1 is 1.33 bits per heavy atom. The molecular weight excluding hydrogens is 350 g/mol. The Morgan fingerprint density at radius 3 is 2.76 bits per heavy atom. The van der Waals surface area contributed by atoms with Crippen molar-refractivity contribution in [3.63, 3.8) is 0 Å². The van der Waals surface area contributed by atoms with E-state index in [0.29, 0.717) is 4.88 Å². The largest absolute Gasteiger partial charge is 0.320 e. The summed E-state index contributed by atoms with van der Waals surface area (Å²) in [5.41, 5.74) is 2.86. The van der Waals surface area contributed by atoms with Gasteiger partial charge in [0.25, 0.3) is 5.91 Å². The van der Waals surface area contributed by atoms with Gasteiger partial charge in [-0.25, -0.2) is 0 Å². The summed E-state index contributed by atoms with van der Waals surface area (Å²) >= 11 is 4.93. The lowest BCUT2D eigenvalue weighted by Crippen LogP contribution is -2.10. The maximum atomic E-state index is 12.4. The van der Waals surface area contributed by atoms with E-state index in [1.165, 1.54) is 11.3 Å². The smallest absolute Gasteiger partial charge is 0.265 e. The summed E-state index contributed by atoms with van der Waals surface area (Å²) in [6, 6.07) is 7.76. The summed E-state index contributed by atoms with van der Waals surface area (Å²) in [5.74, 6) is -0.0971. The number of carbonyl (C=O) groups is 1. The predicted octanol–water partition coefficient (Wildman–Crippen LogP) is 4.27. The summed E-state index contributed by atoms with van der Waals surface area (Å²) in [6.07, 6.45) is 0. The third kappa shape index (κ3) is 2.61. The first kappa shape index (κ1) is 14.3. The van der Waals surface area contributed by atoms with Crippen molar-refractivity contribution in [2.24, 2.45) is 7.05 Å². The van der Waals surface area contributed by atoms with Crippen LogP contribution in [0.4, 0.5) is 5.69 Å². The van der Waals surface area contributed by atoms with Crippen LogP contribution in [0, 0.1) is 13.8 Å². The van der Waals surface area contributed by atoms with Crippen molar-refractivity contribution in [1.82, 2.24) is 9.78 Å². The van der Waals surface area contributed by atoms with E-state index in [1.54, 1.807) is 0 Å². The van der Waals surface area contributed by atoms with Crippen LogP contribution in [0.15, 0.2) is 28.7 Å². The monoisotopic (exact) mass is 363 g/mol. The topological polar surface area (TPSA) is 46.9 Å². The molecule has 0 fully saturated rings. The number of aromatic nitrogens is 2. The number of halogens is 1. The van der Waals surface area contributed by atoms with Gasteiger partial charge in [0.2, 0.25) is 0 Å². The van der Waals surface area contributed by atoms with Gasteiger partial charge >= 0.3 is 0 Å². The molecule has 1 amide bonds. The summed E-state index contributed by atoms with van der Waals surface area (Å²) < 4.78 is 2.70. The van der Waals surface area contributed by atoms with Crippen molar-refractivity contribution in [3.8, 4) is 0 Å². The third-order valence-electron chi connectivity index (χ3n) is 3.29. The second kappa shape index (κ2) is 5.27. The third-order valence-corrected chi connectivity index (χ3v) is 5.15. The molecule has 2 aromatic heterocycles. The zero-order valence-corrected chi connectivity index (χ0v) is 14.3. The number of hydrogen-bond acceptors (Lipinski definition) is 3. The average Bonchev–Trinajstić information content (AvgIpc) is 2.96. The molecule has 0 atom stereocenters. The molecule has 0 aliphatic heterocycles. The Kier molecular flexibility index (Phi) is 3.59. The van der Waals surface area contributed by atoms with E-state index in [4.69, 9.17) is 0 Å². The van der Waals surface area contributed by atoms with E-state index in [9.17, 15) is 4.79 Å². The predicted molar refractivity (Wildman–Crippen MR) is 90.2 cm³/mol. The number of anilines is 1. The first-order valence-corrected chi connectivity index (χ1v) is 8.07. The standard InChI is InChI=1S/C15H14BrN3OS/c1-8-4-5-12(11(16)6-8)17-14(20)13-7-10-9(2)18-19(3)15(10)21-13/h4-7H,1-3H3,(H,17,20). The number of aryl methyl sites for hydroxylation is 3. The van der Waals surface area contributed by atoms with Gasteiger partial charge in [0, 0.05) is 16.9 Å². The second-order valence-electron chi connectivity index (χ2n) is 4.98. The van der Waals surface area contributed by atoms with Crippen LogP contribution >= 0.6 is 27.3 Å². The molecule has 0 bridgehead atoms. The lowest BCUT2D eigenvalue weighted by molar-refractivity contribution is 0.103. The molecule has 0 unspecified atom stereocenters. The number of carbonyl (C=O) groups excluding carboxylic acids is 1. The van der Waals surface area contributed by atoms with Gasteiger partial charge < -0.3 is 5.32 Å². The molecular formula is C15H14BrN3OS.